The second-order valence-electron chi connectivity index (χ2n) is 4.10. The minimum Gasteiger partial charge on any atom is -0.350 e. The second kappa shape index (κ2) is 3.81. The number of hydrogen-bond acceptors (Lipinski definition) is 2. The Bertz CT molecular complexity index is 837. The first-order chi connectivity index (χ1) is 8.97. The molecule has 1 N–H and O–H groups in total. The summed E-state index contributed by atoms with van der Waals surface area (Å²) in [5.74, 6) is 0. The van der Waals surface area contributed by atoms with Crippen LogP contribution >= 0.6 is 0 Å². The first kappa shape index (κ1) is 11.7. The Kier molecular flexibility index (Phi) is 2.35. The maximum Gasteiger partial charge on any atom is 0.431 e. The molecule has 0 aliphatic rings. The molecule has 0 amide bonds. The number of alkyl halides is 3. The number of fused-ring (bicyclic) bond motifs is 3. The van der Waals surface area contributed by atoms with E-state index in [9.17, 15) is 18.0 Å². The van der Waals surface area contributed by atoms with E-state index in [1.165, 1.54) is 6.07 Å². The summed E-state index contributed by atoms with van der Waals surface area (Å²) in [4.78, 5) is 18.1. The predicted octanol–water partition coefficient (Wildman–Crippen LogP) is 3.10. The fourth-order valence-electron chi connectivity index (χ4n) is 2.02. The molecule has 0 fully saturated rings. The molecule has 0 saturated carbocycles. The van der Waals surface area contributed by atoms with Crippen molar-refractivity contribution in [1.82, 2.24) is 9.97 Å². The van der Waals surface area contributed by atoms with Crippen molar-refractivity contribution in [2.45, 2.75) is 6.18 Å². The van der Waals surface area contributed by atoms with Crippen LogP contribution in [0.25, 0.3) is 21.8 Å². The largest absolute Gasteiger partial charge is 0.431 e. The van der Waals surface area contributed by atoms with E-state index in [1.807, 2.05) is 0 Å². The van der Waals surface area contributed by atoms with Gasteiger partial charge in [-0.1, -0.05) is 0 Å². The molecule has 0 radical (unpaired) electrons. The summed E-state index contributed by atoms with van der Waals surface area (Å²) in [5.41, 5.74) is -1.02. The Morgan fingerprint density at radius 1 is 1.11 bits per heavy atom. The molecule has 1 aromatic carbocycles. The van der Waals surface area contributed by atoms with Crippen molar-refractivity contribution in [1.29, 1.82) is 0 Å². The summed E-state index contributed by atoms with van der Waals surface area (Å²) < 4.78 is 38.1. The highest BCUT2D eigenvalue weighted by Gasteiger charge is 2.32. The molecular formula is C13H7F3N2O. The molecule has 0 saturated heterocycles. The lowest BCUT2D eigenvalue weighted by Crippen LogP contribution is -2.14. The van der Waals surface area contributed by atoms with E-state index in [0.29, 0.717) is 17.0 Å². The SMILES string of the molecule is O=c1cc(C(F)(F)F)[nH]c2c1ccc1ncccc12. The molecule has 3 nitrogen and oxygen atoms in total. The van der Waals surface area contributed by atoms with Gasteiger partial charge in [0.25, 0.3) is 0 Å². The predicted molar refractivity (Wildman–Crippen MR) is 64.9 cm³/mol. The maximum atomic E-state index is 12.7. The molecule has 19 heavy (non-hydrogen) atoms. The molecule has 0 spiro atoms. The molecule has 3 aromatic rings. The minimum atomic E-state index is -4.59. The summed E-state index contributed by atoms with van der Waals surface area (Å²) in [7, 11) is 0. The van der Waals surface area contributed by atoms with Gasteiger partial charge in [0, 0.05) is 23.0 Å². The van der Waals surface area contributed by atoms with Gasteiger partial charge in [-0.05, 0) is 24.3 Å². The molecular weight excluding hydrogens is 257 g/mol. The normalized spacial score (nSPS) is 12.2. The average Bonchev–Trinajstić information content (AvgIpc) is 2.37. The van der Waals surface area contributed by atoms with Crippen molar-refractivity contribution in [2.75, 3.05) is 0 Å². The highest BCUT2D eigenvalue weighted by molar-refractivity contribution is 6.03. The van der Waals surface area contributed by atoms with Gasteiger partial charge in [0.05, 0.1) is 11.0 Å². The summed E-state index contributed by atoms with van der Waals surface area (Å²) in [6, 6.07) is 6.90. The molecule has 6 heteroatoms. The molecule has 0 aliphatic heterocycles. The third-order valence-electron chi connectivity index (χ3n) is 2.89. The lowest BCUT2D eigenvalue weighted by atomic mass is 10.1. The Labute approximate surface area is 104 Å². The lowest BCUT2D eigenvalue weighted by molar-refractivity contribution is -0.141. The van der Waals surface area contributed by atoms with Gasteiger partial charge in [-0.2, -0.15) is 13.2 Å². The van der Waals surface area contributed by atoms with Gasteiger partial charge < -0.3 is 4.98 Å². The van der Waals surface area contributed by atoms with Crippen LogP contribution in [0.4, 0.5) is 13.2 Å². The van der Waals surface area contributed by atoms with E-state index < -0.39 is 17.3 Å². The van der Waals surface area contributed by atoms with Crippen LogP contribution in [0.2, 0.25) is 0 Å². The van der Waals surface area contributed by atoms with Crippen molar-refractivity contribution >= 4 is 21.8 Å². The standard InChI is InChI=1S/C13H7F3N2O/c14-13(15,16)11-6-10(19)8-3-4-9-7(12(8)18-11)2-1-5-17-9/h1-6H,(H,18,19). The van der Waals surface area contributed by atoms with Gasteiger partial charge in [0.2, 0.25) is 0 Å². The van der Waals surface area contributed by atoms with Crippen LogP contribution in [-0.2, 0) is 6.18 Å². The molecule has 2 heterocycles. The summed E-state index contributed by atoms with van der Waals surface area (Å²) in [6.45, 7) is 0. The van der Waals surface area contributed by atoms with Crippen LogP contribution in [0.3, 0.4) is 0 Å². The fourth-order valence-corrected chi connectivity index (χ4v) is 2.02. The van der Waals surface area contributed by atoms with Crippen molar-refractivity contribution < 1.29 is 13.2 Å². The van der Waals surface area contributed by atoms with Crippen molar-refractivity contribution in [3.63, 3.8) is 0 Å². The number of benzene rings is 1. The van der Waals surface area contributed by atoms with E-state index in [-0.39, 0.29) is 10.9 Å². The summed E-state index contributed by atoms with van der Waals surface area (Å²) in [5, 5.41) is 0.705. The Morgan fingerprint density at radius 2 is 1.89 bits per heavy atom. The summed E-state index contributed by atoms with van der Waals surface area (Å²) >= 11 is 0. The van der Waals surface area contributed by atoms with Crippen LogP contribution in [0, 0.1) is 0 Å². The number of aromatic amines is 1. The molecule has 0 bridgehead atoms. The van der Waals surface area contributed by atoms with E-state index in [0.717, 1.165) is 0 Å². The highest BCUT2D eigenvalue weighted by atomic mass is 19.4. The zero-order valence-corrected chi connectivity index (χ0v) is 9.45. The van der Waals surface area contributed by atoms with Gasteiger partial charge in [0.15, 0.2) is 5.43 Å². The number of rotatable bonds is 0. The van der Waals surface area contributed by atoms with Gasteiger partial charge >= 0.3 is 6.18 Å². The van der Waals surface area contributed by atoms with E-state index in [2.05, 4.69) is 9.97 Å². The molecule has 2 aromatic heterocycles. The molecule has 3 rings (SSSR count). The topological polar surface area (TPSA) is 45.8 Å². The molecule has 0 unspecified atom stereocenters. The third-order valence-corrected chi connectivity index (χ3v) is 2.89. The number of pyridine rings is 2. The smallest absolute Gasteiger partial charge is 0.350 e. The van der Waals surface area contributed by atoms with E-state index in [1.54, 1.807) is 24.4 Å². The quantitative estimate of drug-likeness (QED) is 0.634. The Hall–Kier alpha value is -2.37. The van der Waals surface area contributed by atoms with Gasteiger partial charge in [-0.25, -0.2) is 0 Å². The number of nitrogens with one attached hydrogen (secondary N) is 1. The van der Waals surface area contributed by atoms with Crippen LogP contribution in [0.5, 0.6) is 0 Å². The number of halogens is 3. The Balaban J connectivity index is 2.51. The zero-order chi connectivity index (χ0) is 13.6. The first-order valence-corrected chi connectivity index (χ1v) is 5.45. The van der Waals surface area contributed by atoms with Gasteiger partial charge in [0.1, 0.15) is 5.69 Å². The van der Waals surface area contributed by atoms with Crippen LogP contribution < -0.4 is 5.43 Å². The first-order valence-electron chi connectivity index (χ1n) is 5.45. The van der Waals surface area contributed by atoms with Crippen LogP contribution in [0.1, 0.15) is 5.69 Å². The monoisotopic (exact) mass is 264 g/mol. The average molecular weight is 264 g/mol. The maximum absolute atomic E-state index is 12.7. The number of aromatic nitrogens is 2. The zero-order valence-electron chi connectivity index (χ0n) is 9.45. The van der Waals surface area contributed by atoms with E-state index in [4.69, 9.17) is 0 Å². The molecule has 0 aliphatic carbocycles. The third kappa shape index (κ3) is 1.85. The second-order valence-corrected chi connectivity index (χ2v) is 4.10. The van der Waals surface area contributed by atoms with Crippen LogP contribution in [-0.4, -0.2) is 9.97 Å². The van der Waals surface area contributed by atoms with E-state index >= 15 is 0 Å². The Morgan fingerprint density at radius 3 is 2.63 bits per heavy atom. The van der Waals surface area contributed by atoms with Crippen molar-refractivity contribution in [2.24, 2.45) is 0 Å². The van der Waals surface area contributed by atoms with Crippen molar-refractivity contribution in [3.8, 4) is 0 Å². The minimum absolute atomic E-state index is 0.158. The number of nitrogens with zero attached hydrogens (tertiary/aromatic N) is 1. The number of H-pyrrole nitrogens is 1. The molecule has 96 valence electrons. The van der Waals surface area contributed by atoms with Gasteiger partial charge in [-0.3, -0.25) is 9.78 Å². The fraction of sp³-hybridized carbons (Fsp3) is 0.0769. The highest BCUT2D eigenvalue weighted by Crippen LogP contribution is 2.29. The van der Waals surface area contributed by atoms with Crippen LogP contribution in [0.15, 0.2) is 41.3 Å². The lowest BCUT2D eigenvalue weighted by Gasteiger charge is -2.09. The van der Waals surface area contributed by atoms with Crippen molar-refractivity contribution in [3.05, 3.63) is 52.4 Å². The summed E-state index contributed by atoms with van der Waals surface area (Å²) in [6.07, 6.45) is -3.04. The van der Waals surface area contributed by atoms with Gasteiger partial charge in [-0.15, -0.1) is 0 Å². The number of hydrogen-bond donors (Lipinski definition) is 1. The molecule has 0 atom stereocenters.